The summed E-state index contributed by atoms with van der Waals surface area (Å²) in [6.45, 7) is 5.78. The monoisotopic (exact) mass is 489 g/mol. The quantitative estimate of drug-likeness (QED) is 0.186. The second-order valence-corrected chi connectivity index (χ2v) is 8.91. The summed E-state index contributed by atoms with van der Waals surface area (Å²) in [5.74, 6) is 0.302. The fourth-order valence-corrected chi connectivity index (χ4v) is 4.58. The van der Waals surface area contributed by atoms with E-state index in [-0.39, 0.29) is 11.7 Å². The lowest BCUT2D eigenvalue weighted by atomic mass is 9.96. The maximum Gasteiger partial charge on any atom is 0.248 e. The Morgan fingerprint density at radius 3 is 2.49 bits per heavy atom. The summed E-state index contributed by atoms with van der Waals surface area (Å²) >= 11 is 0. The average Bonchev–Trinajstić information content (AvgIpc) is 3.30. The Balaban J connectivity index is 1.55. The number of allylic oxidation sites excluding steroid dienone is 1. The highest BCUT2D eigenvalue weighted by atomic mass is 16.5. The molecule has 0 spiro atoms. The predicted molar refractivity (Wildman–Crippen MR) is 149 cm³/mol. The molecule has 1 N–H and O–H groups in total. The first-order chi connectivity index (χ1) is 17.9. The van der Waals surface area contributed by atoms with E-state index in [9.17, 15) is 9.59 Å². The number of hydrogen-bond acceptors (Lipinski definition) is 4. The lowest BCUT2D eigenvalue weighted by Crippen LogP contribution is -2.09. The summed E-state index contributed by atoms with van der Waals surface area (Å²) in [6, 6.07) is 25.3. The van der Waals surface area contributed by atoms with Gasteiger partial charge in [-0.1, -0.05) is 54.6 Å². The van der Waals surface area contributed by atoms with E-state index >= 15 is 0 Å². The fraction of sp³-hybridized carbons (Fsp3) is 0.125. The van der Waals surface area contributed by atoms with Gasteiger partial charge in [0.05, 0.1) is 12.9 Å². The number of benzene rings is 4. The van der Waals surface area contributed by atoms with Gasteiger partial charge in [0.15, 0.2) is 5.78 Å². The zero-order valence-corrected chi connectivity index (χ0v) is 21.0. The number of fused-ring (bicyclic) bond motifs is 2. The predicted octanol–water partition coefficient (Wildman–Crippen LogP) is 7.90. The van der Waals surface area contributed by atoms with E-state index in [0.717, 1.165) is 38.4 Å². The number of carbonyl (C=O) groups is 2. The Hall–Kier alpha value is -4.64. The first kappa shape index (κ1) is 24.1. The van der Waals surface area contributed by atoms with Crippen molar-refractivity contribution in [2.75, 3.05) is 11.9 Å². The van der Waals surface area contributed by atoms with Crippen LogP contribution in [0, 0.1) is 0 Å². The van der Waals surface area contributed by atoms with Gasteiger partial charge in [-0.2, -0.15) is 0 Å². The summed E-state index contributed by atoms with van der Waals surface area (Å²) in [5.41, 5.74) is 5.44. The molecule has 5 heteroatoms. The topological polar surface area (TPSA) is 68.5 Å². The van der Waals surface area contributed by atoms with Crippen molar-refractivity contribution in [2.24, 2.45) is 0 Å². The molecule has 0 radical (unpaired) electrons. The van der Waals surface area contributed by atoms with Crippen molar-refractivity contribution in [3.63, 3.8) is 0 Å². The van der Waals surface area contributed by atoms with Crippen molar-refractivity contribution in [1.29, 1.82) is 0 Å². The van der Waals surface area contributed by atoms with Gasteiger partial charge in [0, 0.05) is 39.9 Å². The van der Waals surface area contributed by atoms with Crippen LogP contribution in [0.25, 0.3) is 38.4 Å². The third kappa shape index (κ3) is 4.89. The molecule has 0 saturated heterocycles. The van der Waals surface area contributed by atoms with Gasteiger partial charge in [0.25, 0.3) is 0 Å². The van der Waals surface area contributed by atoms with Gasteiger partial charge >= 0.3 is 0 Å². The number of nitrogens with one attached hydrogen (secondary N) is 1. The summed E-state index contributed by atoms with van der Waals surface area (Å²) in [5, 5.41) is 6.09. The van der Waals surface area contributed by atoms with Crippen LogP contribution in [0.4, 0.5) is 5.69 Å². The molecule has 4 aromatic carbocycles. The molecule has 1 aromatic heterocycles. The molecule has 1 amide bonds. The Morgan fingerprint density at radius 2 is 1.68 bits per heavy atom. The summed E-state index contributed by atoms with van der Waals surface area (Å²) in [4.78, 5) is 24.5. The van der Waals surface area contributed by atoms with Gasteiger partial charge in [-0.15, -0.1) is 0 Å². The highest BCUT2D eigenvalue weighted by Crippen LogP contribution is 2.39. The van der Waals surface area contributed by atoms with Crippen LogP contribution in [0.1, 0.15) is 36.7 Å². The van der Waals surface area contributed by atoms with Crippen LogP contribution < -0.4 is 10.1 Å². The van der Waals surface area contributed by atoms with E-state index in [1.165, 1.54) is 6.92 Å². The van der Waals surface area contributed by atoms with Crippen LogP contribution in [0.2, 0.25) is 0 Å². The number of ether oxygens (including phenoxy) is 1. The molecule has 5 nitrogen and oxygen atoms in total. The molecule has 0 aliphatic rings. The Morgan fingerprint density at radius 1 is 0.892 bits per heavy atom. The molecule has 0 fully saturated rings. The number of ketones is 1. The van der Waals surface area contributed by atoms with Crippen LogP contribution in [-0.4, -0.2) is 18.3 Å². The molecule has 5 aromatic rings. The number of hydrogen-bond donors (Lipinski definition) is 1. The van der Waals surface area contributed by atoms with Crippen molar-refractivity contribution >= 4 is 44.7 Å². The first-order valence-corrected chi connectivity index (χ1v) is 12.2. The average molecular weight is 490 g/mol. The van der Waals surface area contributed by atoms with Gasteiger partial charge in [-0.05, 0) is 60.9 Å². The zero-order chi connectivity index (χ0) is 25.9. The van der Waals surface area contributed by atoms with Crippen LogP contribution in [0.15, 0.2) is 95.6 Å². The molecular formula is C32H27NO4. The molecule has 184 valence electrons. The number of anilines is 1. The van der Waals surface area contributed by atoms with Gasteiger partial charge in [0.1, 0.15) is 11.3 Å². The van der Waals surface area contributed by atoms with Crippen LogP contribution in [0.3, 0.4) is 0 Å². The van der Waals surface area contributed by atoms with E-state index in [2.05, 4.69) is 29.6 Å². The van der Waals surface area contributed by atoms with E-state index in [1.54, 1.807) is 36.6 Å². The van der Waals surface area contributed by atoms with Crippen molar-refractivity contribution < 1.29 is 18.7 Å². The fourth-order valence-electron chi connectivity index (χ4n) is 4.58. The number of carbonyl (C=O) groups excluding carboxylic acids is 2. The molecule has 0 bridgehead atoms. The number of amides is 1. The normalized spacial score (nSPS) is 11.6. The lowest BCUT2D eigenvalue weighted by molar-refractivity contribution is -0.111. The third-order valence-corrected chi connectivity index (χ3v) is 6.36. The van der Waals surface area contributed by atoms with Gasteiger partial charge in [-0.25, -0.2) is 0 Å². The van der Waals surface area contributed by atoms with Crippen LogP contribution in [-0.2, 0) is 4.79 Å². The number of rotatable bonds is 7. The molecule has 0 aliphatic carbocycles. The van der Waals surface area contributed by atoms with E-state index in [1.807, 2.05) is 44.2 Å². The summed E-state index contributed by atoms with van der Waals surface area (Å²) in [7, 11) is 0. The summed E-state index contributed by atoms with van der Waals surface area (Å²) < 4.78 is 11.9. The van der Waals surface area contributed by atoms with E-state index in [0.29, 0.717) is 29.2 Å². The molecule has 1 heterocycles. The minimum absolute atomic E-state index is 0.0559. The largest absolute Gasteiger partial charge is 0.493 e. The SMILES string of the molecule is CCOc1cc2occ(-c3cccc4ccccc34)c2cc1/C(C)=C/C(=O)Nc1cccc(C(C)=O)c1. The molecule has 0 aliphatic heterocycles. The van der Waals surface area contributed by atoms with Gasteiger partial charge in [-0.3, -0.25) is 9.59 Å². The smallest absolute Gasteiger partial charge is 0.248 e. The Kier molecular flexibility index (Phi) is 6.60. The lowest BCUT2D eigenvalue weighted by Gasteiger charge is -2.12. The van der Waals surface area contributed by atoms with Gasteiger partial charge < -0.3 is 14.5 Å². The van der Waals surface area contributed by atoms with Crippen molar-refractivity contribution in [1.82, 2.24) is 0 Å². The second-order valence-electron chi connectivity index (χ2n) is 8.91. The van der Waals surface area contributed by atoms with Crippen molar-refractivity contribution in [3.8, 4) is 16.9 Å². The van der Waals surface area contributed by atoms with E-state index in [4.69, 9.17) is 9.15 Å². The molecule has 37 heavy (non-hydrogen) atoms. The maximum atomic E-state index is 12.9. The highest BCUT2D eigenvalue weighted by molar-refractivity contribution is 6.08. The second kappa shape index (κ2) is 10.2. The summed E-state index contributed by atoms with van der Waals surface area (Å²) in [6.07, 6.45) is 3.32. The zero-order valence-electron chi connectivity index (χ0n) is 21.0. The number of Topliss-reactive ketones (excluding diaryl/α,β-unsaturated/α-hetero) is 1. The van der Waals surface area contributed by atoms with E-state index < -0.39 is 0 Å². The third-order valence-electron chi connectivity index (χ3n) is 6.36. The first-order valence-electron chi connectivity index (χ1n) is 12.2. The Labute approximate surface area is 215 Å². The molecule has 0 atom stereocenters. The van der Waals surface area contributed by atoms with Crippen molar-refractivity contribution in [2.45, 2.75) is 20.8 Å². The maximum absolute atomic E-state index is 12.9. The highest BCUT2D eigenvalue weighted by Gasteiger charge is 2.16. The minimum Gasteiger partial charge on any atom is -0.493 e. The number of furan rings is 1. The van der Waals surface area contributed by atoms with Crippen molar-refractivity contribution in [3.05, 3.63) is 102 Å². The molecular weight excluding hydrogens is 462 g/mol. The van der Waals surface area contributed by atoms with Crippen LogP contribution in [0.5, 0.6) is 5.75 Å². The van der Waals surface area contributed by atoms with Gasteiger partial charge in [0.2, 0.25) is 5.91 Å². The molecule has 5 rings (SSSR count). The molecule has 0 unspecified atom stereocenters. The Bertz CT molecular complexity index is 1670. The molecule has 0 saturated carbocycles. The minimum atomic E-state index is -0.290. The standard InChI is InChI=1S/C32H27NO4/c1-4-36-30-18-31-28(29(19-37-31)26-14-8-10-22-9-5-6-13-25(22)26)17-27(30)20(2)15-32(35)33-24-12-7-11-23(16-24)21(3)34/h5-19H,4H2,1-3H3,(H,33,35)/b20-15+. The van der Waals surface area contributed by atoms with Crippen LogP contribution >= 0.6 is 0 Å².